The van der Waals surface area contributed by atoms with Crippen molar-refractivity contribution in [3.8, 4) is 0 Å². The number of hydrogen-bond donors (Lipinski definition) is 3. The highest BCUT2D eigenvalue weighted by molar-refractivity contribution is 7.92. The minimum absolute atomic E-state index is 0.0256. The smallest absolute Gasteiger partial charge is 0.251 e. The van der Waals surface area contributed by atoms with Crippen LogP contribution in [0.1, 0.15) is 36.7 Å². The molecule has 2 aromatic rings. The van der Waals surface area contributed by atoms with E-state index in [0.717, 1.165) is 5.56 Å². The van der Waals surface area contributed by atoms with E-state index >= 15 is 0 Å². The van der Waals surface area contributed by atoms with Gasteiger partial charge in [-0.3, -0.25) is 14.3 Å². The van der Waals surface area contributed by atoms with Gasteiger partial charge in [-0.2, -0.15) is 0 Å². The Hall–Kier alpha value is -2.87. The highest BCUT2D eigenvalue weighted by Gasteiger charge is 2.25. The Kier molecular flexibility index (Phi) is 7.39. The number of sulfonamides is 1. The van der Waals surface area contributed by atoms with Crippen LogP contribution >= 0.6 is 0 Å². The van der Waals surface area contributed by atoms with Gasteiger partial charge in [0.1, 0.15) is 6.04 Å². The Bertz CT molecular complexity index is 970. The maximum Gasteiger partial charge on any atom is 0.251 e. The lowest BCUT2D eigenvalue weighted by Crippen LogP contribution is -2.47. The van der Waals surface area contributed by atoms with Gasteiger partial charge in [-0.1, -0.05) is 31.5 Å². The van der Waals surface area contributed by atoms with Crippen molar-refractivity contribution in [2.24, 2.45) is 5.92 Å². The zero-order valence-electron chi connectivity index (χ0n) is 17.0. The van der Waals surface area contributed by atoms with Crippen LogP contribution in [0.2, 0.25) is 0 Å². The van der Waals surface area contributed by atoms with E-state index in [0.29, 0.717) is 16.9 Å². The second-order valence-corrected chi connectivity index (χ2v) is 9.15. The van der Waals surface area contributed by atoms with Crippen molar-refractivity contribution in [1.82, 2.24) is 5.32 Å². The van der Waals surface area contributed by atoms with Gasteiger partial charge in [-0.25, -0.2) is 8.42 Å². The van der Waals surface area contributed by atoms with Gasteiger partial charge in [0.25, 0.3) is 5.91 Å². The third-order valence-electron chi connectivity index (χ3n) is 4.32. The van der Waals surface area contributed by atoms with E-state index in [4.69, 9.17) is 0 Å². The Morgan fingerprint density at radius 3 is 2.17 bits per heavy atom. The molecular weight excluding hydrogens is 390 g/mol. The van der Waals surface area contributed by atoms with Crippen molar-refractivity contribution in [3.05, 3.63) is 59.7 Å². The third-order valence-corrected chi connectivity index (χ3v) is 5.63. The van der Waals surface area contributed by atoms with E-state index in [1.54, 1.807) is 49.4 Å². The van der Waals surface area contributed by atoms with Crippen molar-refractivity contribution in [1.29, 1.82) is 0 Å². The van der Waals surface area contributed by atoms with Gasteiger partial charge < -0.3 is 10.6 Å². The zero-order chi connectivity index (χ0) is 21.6. The molecular formula is C21H27N3O4S. The van der Waals surface area contributed by atoms with E-state index in [2.05, 4.69) is 15.4 Å². The molecule has 0 fully saturated rings. The molecule has 29 heavy (non-hydrogen) atoms. The molecule has 0 bridgehead atoms. The third kappa shape index (κ3) is 6.60. The van der Waals surface area contributed by atoms with Crippen molar-refractivity contribution in [3.63, 3.8) is 0 Å². The molecule has 0 saturated heterocycles. The van der Waals surface area contributed by atoms with Crippen LogP contribution in [0.4, 0.5) is 11.4 Å². The van der Waals surface area contributed by atoms with Crippen LogP contribution in [0.15, 0.2) is 48.5 Å². The molecule has 0 radical (unpaired) electrons. The van der Waals surface area contributed by atoms with Gasteiger partial charge in [0.15, 0.2) is 0 Å². The first kappa shape index (κ1) is 22.4. The van der Waals surface area contributed by atoms with Gasteiger partial charge in [-0.15, -0.1) is 0 Å². The SMILES string of the molecule is CCS(=O)(=O)Nc1ccc(NC(=O)C(NC(=O)c2cccc(C)c2)C(C)C)cc1. The molecule has 2 amide bonds. The predicted molar refractivity (Wildman–Crippen MR) is 115 cm³/mol. The zero-order valence-corrected chi connectivity index (χ0v) is 17.8. The topological polar surface area (TPSA) is 104 Å². The van der Waals surface area contributed by atoms with Crippen LogP contribution < -0.4 is 15.4 Å². The molecule has 0 saturated carbocycles. The first-order chi connectivity index (χ1) is 13.6. The van der Waals surface area contributed by atoms with Crippen molar-refractivity contribution < 1.29 is 18.0 Å². The van der Waals surface area contributed by atoms with Crippen molar-refractivity contribution >= 4 is 33.2 Å². The molecule has 0 aliphatic carbocycles. The molecule has 0 aliphatic rings. The Morgan fingerprint density at radius 2 is 1.62 bits per heavy atom. The van der Waals surface area contributed by atoms with Gasteiger partial charge in [0.2, 0.25) is 15.9 Å². The second-order valence-electron chi connectivity index (χ2n) is 7.14. The fraction of sp³-hybridized carbons (Fsp3) is 0.333. The molecule has 8 heteroatoms. The number of amides is 2. The first-order valence-corrected chi connectivity index (χ1v) is 11.1. The number of anilines is 2. The molecule has 156 valence electrons. The summed E-state index contributed by atoms with van der Waals surface area (Å²) < 4.78 is 25.7. The summed E-state index contributed by atoms with van der Waals surface area (Å²) in [6, 6.07) is 12.8. The maximum atomic E-state index is 12.7. The molecule has 0 spiro atoms. The molecule has 2 rings (SSSR count). The van der Waals surface area contributed by atoms with Crippen molar-refractivity contribution in [2.75, 3.05) is 15.8 Å². The largest absolute Gasteiger partial charge is 0.340 e. The summed E-state index contributed by atoms with van der Waals surface area (Å²) >= 11 is 0. The number of benzene rings is 2. The molecule has 7 nitrogen and oxygen atoms in total. The van der Waals surface area contributed by atoms with Gasteiger partial charge in [0.05, 0.1) is 5.75 Å². The Morgan fingerprint density at radius 1 is 1.00 bits per heavy atom. The number of carbonyl (C=O) groups is 2. The molecule has 0 aliphatic heterocycles. The maximum absolute atomic E-state index is 12.7. The molecule has 2 aromatic carbocycles. The van der Waals surface area contributed by atoms with E-state index in [-0.39, 0.29) is 23.5 Å². The number of nitrogens with one attached hydrogen (secondary N) is 3. The van der Waals surface area contributed by atoms with Crippen LogP contribution in [-0.2, 0) is 14.8 Å². The minimum Gasteiger partial charge on any atom is -0.340 e. The normalized spacial score (nSPS) is 12.3. The summed E-state index contributed by atoms with van der Waals surface area (Å²) in [6.45, 7) is 7.15. The number of hydrogen-bond acceptors (Lipinski definition) is 4. The molecule has 1 unspecified atom stereocenters. The van der Waals surface area contributed by atoms with E-state index in [9.17, 15) is 18.0 Å². The molecule has 3 N–H and O–H groups in total. The average Bonchev–Trinajstić information content (AvgIpc) is 2.67. The fourth-order valence-corrected chi connectivity index (χ4v) is 3.28. The minimum atomic E-state index is -3.36. The van der Waals surface area contributed by atoms with Crippen LogP contribution in [0.5, 0.6) is 0 Å². The lowest BCUT2D eigenvalue weighted by molar-refractivity contribution is -0.118. The van der Waals surface area contributed by atoms with Crippen LogP contribution in [0, 0.1) is 12.8 Å². The first-order valence-electron chi connectivity index (χ1n) is 9.40. The summed E-state index contributed by atoms with van der Waals surface area (Å²) in [7, 11) is -3.36. The number of aryl methyl sites for hydroxylation is 1. The molecule has 1 atom stereocenters. The number of rotatable bonds is 8. The summed E-state index contributed by atoms with van der Waals surface area (Å²) in [5, 5.41) is 5.55. The monoisotopic (exact) mass is 417 g/mol. The quantitative estimate of drug-likeness (QED) is 0.614. The van der Waals surface area contributed by atoms with Gasteiger partial charge in [0, 0.05) is 16.9 Å². The van der Waals surface area contributed by atoms with Crippen LogP contribution in [-0.4, -0.2) is 32.0 Å². The highest BCUT2D eigenvalue weighted by Crippen LogP contribution is 2.16. The predicted octanol–water partition coefficient (Wildman–Crippen LogP) is 3.15. The van der Waals surface area contributed by atoms with Crippen LogP contribution in [0.25, 0.3) is 0 Å². The number of carbonyl (C=O) groups excluding carboxylic acids is 2. The molecule has 0 aromatic heterocycles. The fourth-order valence-electron chi connectivity index (χ4n) is 2.64. The summed E-state index contributed by atoms with van der Waals surface area (Å²) in [5.41, 5.74) is 2.38. The summed E-state index contributed by atoms with van der Waals surface area (Å²) in [4.78, 5) is 25.2. The van der Waals surface area contributed by atoms with E-state index < -0.39 is 16.1 Å². The Labute approximate surface area is 172 Å². The lowest BCUT2D eigenvalue weighted by atomic mass is 10.0. The summed E-state index contributed by atoms with van der Waals surface area (Å²) in [6.07, 6.45) is 0. The average molecular weight is 418 g/mol. The summed E-state index contributed by atoms with van der Waals surface area (Å²) in [5.74, 6) is -0.809. The van der Waals surface area contributed by atoms with E-state index in [1.807, 2.05) is 26.8 Å². The molecule has 0 heterocycles. The van der Waals surface area contributed by atoms with E-state index in [1.165, 1.54) is 0 Å². The van der Waals surface area contributed by atoms with Crippen molar-refractivity contribution in [2.45, 2.75) is 33.7 Å². The lowest BCUT2D eigenvalue weighted by Gasteiger charge is -2.22. The van der Waals surface area contributed by atoms with Gasteiger partial charge >= 0.3 is 0 Å². The van der Waals surface area contributed by atoms with Crippen LogP contribution in [0.3, 0.4) is 0 Å². The standard InChI is InChI=1S/C21H27N3O4S/c1-5-29(27,28)24-18-11-9-17(10-12-18)22-21(26)19(14(2)3)23-20(25)16-8-6-7-15(4)13-16/h6-14,19,24H,5H2,1-4H3,(H,22,26)(H,23,25). The van der Waals surface area contributed by atoms with Gasteiger partial charge in [-0.05, 0) is 56.2 Å². The second kappa shape index (κ2) is 9.56. The Balaban J connectivity index is 2.06. The highest BCUT2D eigenvalue weighted by atomic mass is 32.2.